The summed E-state index contributed by atoms with van der Waals surface area (Å²) in [5.74, 6) is 1.78. The molecule has 3 aliphatic carbocycles. The Hall–Kier alpha value is -0.0405. The summed E-state index contributed by atoms with van der Waals surface area (Å²) in [5.41, 5.74) is 0. The fraction of sp³-hybridized carbons (Fsp3) is 0.263. The summed E-state index contributed by atoms with van der Waals surface area (Å²) in [6.07, 6.45) is 26.2. The van der Waals surface area contributed by atoms with Crippen molar-refractivity contribution in [1.29, 1.82) is 0 Å². The third-order valence-corrected chi connectivity index (χ3v) is 3.79. The second-order valence-electron chi connectivity index (χ2n) is 5.17. The molecule has 0 aliphatic heterocycles. The predicted molar refractivity (Wildman–Crippen MR) is 83.5 cm³/mol. The Kier molecular flexibility index (Phi) is 9.64. The van der Waals surface area contributed by atoms with Gasteiger partial charge in [0.2, 0.25) is 0 Å². The van der Waals surface area contributed by atoms with Crippen LogP contribution < -0.4 is 0 Å². The molecule has 3 aliphatic rings. The van der Waals surface area contributed by atoms with E-state index < -0.39 is 0 Å². The zero-order chi connectivity index (χ0) is 14.2. The van der Waals surface area contributed by atoms with Crippen LogP contribution in [0.2, 0.25) is 0 Å². The topological polar surface area (TPSA) is 20.2 Å². The Morgan fingerprint density at radius 3 is 1.90 bits per heavy atom. The van der Waals surface area contributed by atoms with Gasteiger partial charge in [0.1, 0.15) is 0 Å². The largest absolute Gasteiger partial charge is 2.00 e. The van der Waals surface area contributed by atoms with Crippen molar-refractivity contribution >= 4 is 0 Å². The number of aliphatic hydroxyl groups is 1. The quantitative estimate of drug-likeness (QED) is 0.622. The van der Waals surface area contributed by atoms with E-state index in [1.165, 1.54) is 5.92 Å². The van der Waals surface area contributed by atoms with Gasteiger partial charge in [-0.25, -0.2) is 0 Å². The fourth-order valence-corrected chi connectivity index (χ4v) is 2.57. The van der Waals surface area contributed by atoms with Crippen molar-refractivity contribution in [3.8, 4) is 0 Å². The van der Waals surface area contributed by atoms with Crippen LogP contribution in [-0.2, 0) is 17.1 Å². The van der Waals surface area contributed by atoms with E-state index >= 15 is 0 Å². The van der Waals surface area contributed by atoms with Gasteiger partial charge in [-0.2, -0.15) is 0 Å². The number of hydrogen-bond acceptors (Lipinski definition) is 1. The van der Waals surface area contributed by atoms with E-state index in [4.69, 9.17) is 0 Å². The van der Waals surface area contributed by atoms with Crippen molar-refractivity contribution in [2.45, 2.75) is 18.9 Å². The summed E-state index contributed by atoms with van der Waals surface area (Å²) >= 11 is 0. The zero-order valence-corrected chi connectivity index (χ0v) is 13.2. The Balaban J connectivity index is 0.000000313. The molecule has 0 amide bonds. The first-order chi connectivity index (χ1) is 9.81. The molecule has 2 heteroatoms. The third-order valence-electron chi connectivity index (χ3n) is 3.79. The second-order valence-corrected chi connectivity index (χ2v) is 5.17. The first kappa shape index (κ1) is 19.0. The predicted octanol–water partition coefficient (Wildman–Crippen LogP) is 3.54. The first-order valence-electron chi connectivity index (χ1n) is 7.18. The van der Waals surface area contributed by atoms with E-state index in [0.29, 0.717) is 5.92 Å². The van der Waals surface area contributed by atoms with Crippen molar-refractivity contribution in [3.63, 3.8) is 0 Å². The molecular weight excluding hydrogens is 300 g/mol. The maximum Gasteiger partial charge on any atom is 2.00 e. The number of allylic oxidation sites excluding steroid dienone is 1. The van der Waals surface area contributed by atoms with Crippen LogP contribution >= 0.6 is 0 Å². The maximum absolute atomic E-state index is 9.95. The average Bonchev–Trinajstić information content (AvgIpc) is 3.22. The van der Waals surface area contributed by atoms with Crippen LogP contribution in [-0.4, -0.2) is 11.2 Å². The molecule has 0 spiro atoms. The van der Waals surface area contributed by atoms with Crippen LogP contribution in [0.25, 0.3) is 0 Å². The van der Waals surface area contributed by atoms with Crippen LogP contribution in [0.3, 0.4) is 0 Å². The molecule has 0 aromatic heterocycles. The molecule has 1 nitrogen and oxygen atoms in total. The van der Waals surface area contributed by atoms with E-state index in [9.17, 15) is 5.11 Å². The minimum atomic E-state index is -0.242. The van der Waals surface area contributed by atoms with Gasteiger partial charge in [-0.15, -0.1) is 6.58 Å². The summed E-state index contributed by atoms with van der Waals surface area (Å²) in [5, 5.41) is 9.95. The van der Waals surface area contributed by atoms with Gasteiger partial charge in [-0.1, -0.05) is 18.2 Å². The molecule has 0 unspecified atom stereocenters. The summed E-state index contributed by atoms with van der Waals surface area (Å²) in [7, 11) is 0. The van der Waals surface area contributed by atoms with Gasteiger partial charge in [-0.05, 0) is 70.6 Å². The molecule has 1 N–H and O–H groups in total. The monoisotopic (exact) mass is 322 g/mol. The van der Waals surface area contributed by atoms with Gasteiger partial charge in [0.05, 0.1) is 6.10 Å². The number of hydrogen-bond donors (Lipinski definition) is 1. The maximum atomic E-state index is 9.95. The van der Waals surface area contributed by atoms with E-state index in [0.717, 1.165) is 12.8 Å². The van der Waals surface area contributed by atoms with Crippen LogP contribution in [0, 0.1) is 75.5 Å². The van der Waals surface area contributed by atoms with Gasteiger partial charge in [0.25, 0.3) is 0 Å². The van der Waals surface area contributed by atoms with Crippen LogP contribution in [0.15, 0.2) is 24.8 Å². The van der Waals surface area contributed by atoms with Crippen LogP contribution in [0.4, 0.5) is 0 Å². The summed E-state index contributed by atoms with van der Waals surface area (Å²) in [6.45, 7) is 3.75. The normalized spacial score (nSPS) is 32.7. The van der Waals surface area contributed by atoms with E-state index in [1.807, 2.05) is 51.0 Å². The van der Waals surface area contributed by atoms with Gasteiger partial charge in [-0.3, -0.25) is 0 Å². The van der Waals surface area contributed by atoms with Crippen molar-refractivity contribution in [2.24, 2.45) is 11.8 Å². The van der Waals surface area contributed by atoms with E-state index in [1.54, 1.807) is 0 Å². The molecular formula is C19H22FeO+2. The molecule has 110 valence electrons. The van der Waals surface area contributed by atoms with Gasteiger partial charge >= 0.3 is 17.1 Å². The Morgan fingerprint density at radius 1 is 0.905 bits per heavy atom. The number of aliphatic hydroxyl groups excluding tert-OH is 1. The SMILES string of the molecule is C=C[C@@H]1CC[C@H](/C=C/[C]2[CH][CH][CH][CH]2)[C@H]1O.[CH]1[CH][CH][CH][CH]1.[Fe+2]. The molecule has 10 radical (unpaired) electrons. The molecule has 0 bridgehead atoms. The molecule has 3 rings (SSSR count). The van der Waals surface area contributed by atoms with E-state index in [2.05, 4.69) is 31.6 Å². The average molecular weight is 322 g/mol. The first-order valence-corrected chi connectivity index (χ1v) is 7.18. The Morgan fingerprint density at radius 2 is 1.43 bits per heavy atom. The fourth-order valence-electron chi connectivity index (χ4n) is 2.57. The Bertz CT molecular complexity index is 295. The molecule has 3 saturated carbocycles. The second kappa shape index (κ2) is 10.6. The Labute approximate surface area is 141 Å². The van der Waals surface area contributed by atoms with Crippen molar-refractivity contribution < 1.29 is 22.2 Å². The smallest absolute Gasteiger partial charge is 0.392 e. The molecule has 0 aromatic carbocycles. The molecule has 3 atom stereocenters. The van der Waals surface area contributed by atoms with Gasteiger partial charge < -0.3 is 5.11 Å². The van der Waals surface area contributed by atoms with E-state index in [-0.39, 0.29) is 29.1 Å². The molecule has 0 aromatic rings. The van der Waals surface area contributed by atoms with Crippen molar-refractivity contribution in [1.82, 2.24) is 0 Å². The molecule has 21 heavy (non-hydrogen) atoms. The molecule has 3 fully saturated rings. The van der Waals surface area contributed by atoms with Crippen molar-refractivity contribution in [2.75, 3.05) is 0 Å². The summed E-state index contributed by atoms with van der Waals surface area (Å²) in [6, 6.07) is 0. The summed E-state index contributed by atoms with van der Waals surface area (Å²) < 4.78 is 0. The minimum Gasteiger partial charge on any atom is -0.392 e. The zero-order valence-electron chi connectivity index (χ0n) is 12.1. The standard InChI is InChI=1S/C14H17O.C5H5.Fe/c1-2-12-9-10-13(14(12)15)8-7-11-5-3-4-6-11;1-2-4-5-3-1;/h2-8,12-15H,1,9-10H2;1-5H;/q;;+2/b8-7+;;/t12-,13+,14+;;/m1../s1. The van der Waals surface area contributed by atoms with Gasteiger partial charge in [0.15, 0.2) is 0 Å². The number of rotatable bonds is 3. The summed E-state index contributed by atoms with van der Waals surface area (Å²) in [4.78, 5) is 0. The van der Waals surface area contributed by atoms with Crippen LogP contribution in [0.5, 0.6) is 0 Å². The van der Waals surface area contributed by atoms with Gasteiger partial charge in [0, 0.05) is 17.8 Å². The minimum absolute atomic E-state index is 0. The molecule has 0 heterocycles. The molecule has 0 saturated heterocycles. The van der Waals surface area contributed by atoms with Crippen LogP contribution in [0.1, 0.15) is 12.8 Å². The van der Waals surface area contributed by atoms with Crippen molar-refractivity contribution in [3.05, 3.63) is 88.5 Å². The third kappa shape index (κ3) is 6.30.